The maximum Gasteiger partial charge on any atom is 0.336 e. The van der Waals surface area contributed by atoms with Gasteiger partial charge in [-0.15, -0.1) is 0 Å². The number of amides is 1. The number of carboxylic acids is 1. The van der Waals surface area contributed by atoms with E-state index in [2.05, 4.69) is 10.3 Å². The number of aromatic hydroxyl groups is 1. The van der Waals surface area contributed by atoms with Gasteiger partial charge in [0.2, 0.25) is 0 Å². The summed E-state index contributed by atoms with van der Waals surface area (Å²) < 4.78 is 11.0. The molecule has 0 saturated carbocycles. The Morgan fingerprint density at radius 3 is 2.66 bits per heavy atom. The van der Waals surface area contributed by atoms with E-state index in [0.717, 1.165) is 29.3 Å². The van der Waals surface area contributed by atoms with Crippen LogP contribution in [0, 0.1) is 0 Å². The van der Waals surface area contributed by atoms with Crippen LogP contribution in [0.3, 0.4) is 0 Å². The van der Waals surface area contributed by atoms with Gasteiger partial charge in [0, 0.05) is 41.0 Å². The number of hydrogen-bond donors (Lipinski definition) is 4. The Bertz CT molecular complexity index is 1450. The standard InChI is InChI=1S/C26H26N2O7/c1-3-4-15-10-24(30)35-23-12-18(6-7-19(15)23)34-14(2)25(31)28-22(26(32)33)9-16-13-27-21-8-5-17(29)11-20(16)21/h5-8,10-14,22,27,29H,3-4,9H2,1-2H3,(H,28,31)(H,32,33)/t14-,22-/m1/s1. The molecule has 2 heterocycles. The fraction of sp³-hybridized carbons (Fsp3) is 0.269. The van der Waals surface area contributed by atoms with E-state index in [9.17, 15) is 24.6 Å². The summed E-state index contributed by atoms with van der Waals surface area (Å²) in [6, 6.07) is 10.0. The smallest absolute Gasteiger partial charge is 0.336 e. The zero-order chi connectivity index (χ0) is 25.1. The maximum atomic E-state index is 12.7. The summed E-state index contributed by atoms with van der Waals surface area (Å²) >= 11 is 0. The lowest BCUT2D eigenvalue weighted by Gasteiger charge is -2.19. The Hall–Kier alpha value is -4.27. The number of phenolic OH excluding ortho intramolecular Hbond substituents is 1. The van der Waals surface area contributed by atoms with Crippen LogP contribution in [0.2, 0.25) is 0 Å². The van der Waals surface area contributed by atoms with Crippen LogP contribution in [-0.2, 0) is 22.4 Å². The van der Waals surface area contributed by atoms with Crippen LogP contribution in [0.4, 0.5) is 0 Å². The number of carbonyl (C=O) groups is 2. The number of aryl methyl sites for hydroxylation is 1. The van der Waals surface area contributed by atoms with Gasteiger partial charge in [-0.2, -0.15) is 0 Å². The van der Waals surface area contributed by atoms with Crippen molar-refractivity contribution in [3.05, 3.63) is 70.2 Å². The molecule has 182 valence electrons. The van der Waals surface area contributed by atoms with Crippen LogP contribution in [-0.4, -0.2) is 39.2 Å². The van der Waals surface area contributed by atoms with Gasteiger partial charge in [-0.25, -0.2) is 9.59 Å². The number of nitrogens with one attached hydrogen (secondary N) is 2. The number of phenols is 1. The second-order valence-corrected chi connectivity index (χ2v) is 8.41. The Morgan fingerprint density at radius 2 is 1.91 bits per heavy atom. The first-order valence-electron chi connectivity index (χ1n) is 11.3. The van der Waals surface area contributed by atoms with Crippen LogP contribution >= 0.6 is 0 Å². The lowest BCUT2D eigenvalue weighted by atomic mass is 10.0. The molecule has 0 spiro atoms. The van der Waals surface area contributed by atoms with Crippen molar-refractivity contribution < 1.29 is 29.0 Å². The molecule has 0 radical (unpaired) electrons. The minimum atomic E-state index is -1.21. The average molecular weight is 479 g/mol. The minimum Gasteiger partial charge on any atom is -0.508 e. The van der Waals surface area contributed by atoms with Crippen LogP contribution < -0.4 is 15.7 Å². The second-order valence-electron chi connectivity index (χ2n) is 8.41. The third kappa shape index (κ3) is 5.29. The van der Waals surface area contributed by atoms with Crippen LogP contribution in [0.5, 0.6) is 11.5 Å². The molecule has 0 unspecified atom stereocenters. The first-order valence-corrected chi connectivity index (χ1v) is 11.3. The van der Waals surface area contributed by atoms with Gasteiger partial charge in [-0.1, -0.05) is 13.3 Å². The van der Waals surface area contributed by atoms with E-state index in [1.165, 1.54) is 25.1 Å². The fourth-order valence-corrected chi connectivity index (χ4v) is 4.06. The number of aliphatic carboxylic acids is 1. The van der Waals surface area contributed by atoms with Crippen molar-refractivity contribution in [2.24, 2.45) is 0 Å². The van der Waals surface area contributed by atoms with E-state index in [1.54, 1.807) is 30.5 Å². The van der Waals surface area contributed by atoms with Gasteiger partial charge in [0.1, 0.15) is 23.1 Å². The molecule has 2 aromatic carbocycles. The van der Waals surface area contributed by atoms with E-state index < -0.39 is 29.6 Å². The number of ether oxygens (including phenoxy) is 1. The largest absolute Gasteiger partial charge is 0.508 e. The van der Waals surface area contributed by atoms with E-state index in [1.807, 2.05) is 6.92 Å². The van der Waals surface area contributed by atoms with Crippen molar-refractivity contribution >= 4 is 33.7 Å². The van der Waals surface area contributed by atoms with Gasteiger partial charge < -0.3 is 29.7 Å². The van der Waals surface area contributed by atoms with Crippen molar-refractivity contribution in [2.75, 3.05) is 0 Å². The molecule has 35 heavy (non-hydrogen) atoms. The predicted molar refractivity (Wildman–Crippen MR) is 130 cm³/mol. The summed E-state index contributed by atoms with van der Waals surface area (Å²) in [6.45, 7) is 3.52. The van der Waals surface area contributed by atoms with Crippen molar-refractivity contribution in [3.8, 4) is 11.5 Å². The highest BCUT2D eigenvalue weighted by Gasteiger charge is 2.25. The molecule has 2 aromatic heterocycles. The second kappa shape index (κ2) is 9.92. The van der Waals surface area contributed by atoms with Crippen molar-refractivity contribution in [2.45, 2.75) is 45.3 Å². The van der Waals surface area contributed by atoms with E-state index in [-0.39, 0.29) is 12.2 Å². The highest BCUT2D eigenvalue weighted by Crippen LogP contribution is 2.25. The Morgan fingerprint density at radius 1 is 1.11 bits per heavy atom. The molecule has 9 nitrogen and oxygen atoms in total. The number of benzene rings is 2. The Kier molecular flexibility index (Phi) is 6.77. The monoisotopic (exact) mass is 478 g/mol. The summed E-state index contributed by atoms with van der Waals surface area (Å²) in [5.74, 6) is -1.43. The molecular formula is C26H26N2O7. The number of hydrogen-bond acceptors (Lipinski definition) is 6. The fourth-order valence-electron chi connectivity index (χ4n) is 4.06. The quantitative estimate of drug-likeness (QED) is 0.270. The van der Waals surface area contributed by atoms with Gasteiger partial charge in [0.05, 0.1) is 0 Å². The number of aromatic amines is 1. The molecule has 1 amide bonds. The Balaban J connectivity index is 1.48. The molecule has 2 atom stereocenters. The lowest BCUT2D eigenvalue weighted by Crippen LogP contribution is -2.47. The van der Waals surface area contributed by atoms with Gasteiger partial charge in [-0.05, 0) is 54.8 Å². The first kappa shape index (κ1) is 23.9. The zero-order valence-corrected chi connectivity index (χ0v) is 19.3. The number of fused-ring (bicyclic) bond motifs is 2. The molecule has 0 aliphatic carbocycles. The molecule has 4 N–H and O–H groups in total. The van der Waals surface area contributed by atoms with Crippen molar-refractivity contribution in [1.29, 1.82) is 0 Å². The SMILES string of the molecule is CCCc1cc(=O)oc2cc(O[C@H](C)C(=O)N[C@H](Cc3c[nH]c4ccc(O)cc34)C(=O)O)ccc12. The summed E-state index contributed by atoms with van der Waals surface area (Å²) in [5.41, 5.74) is 2.17. The third-order valence-corrected chi connectivity index (χ3v) is 5.79. The number of carbonyl (C=O) groups excluding carboxylic acids is 1. The predicted octanol–water partition coefficient (Wildman–Crippen LogP) is 3.51. The summed E-state index contributed by atoms with van der Waals surface area (Å²) in [7, 11) is 0. The van der Waals surface area contributed by atoms with Crippen LogP contribution in [0.15, 0.2) is 57.9 Å². The first-order chi connectivity index (χ1) is 16.7. The number of carboxylic acid groups (broad SMARTS) is 1. The summed E-state index contributed by atoms with van der Waals surface area (Å²) in [5, 5.41) is 23.4. The molecular weight excluding hydrogens is 452 g/mol. The third-order valence-electron chi connectivity index (χ3n) is 5.79. The minimum absolute atomic E-state index is 0.0125. The molecule has 0 aliphatic rings. The van der Waals surface area contributed by atoms with Gasteiger partial charge in [-0.3, -0.25) is 4.79 Å². The normalized spacial score (nSPS) is 13.0. The van der Waals surface area contributed by atoms with E-state index in [4.69, 9.17) is 9.15 Å². The van der Waals surface area contributed by atoms with Gasteiger partial charge in [0.25, 0.3) is 5.91 Å². The Labute approximate surface area is 200 Å². The van der Waals surface area contributed by atoms with Crippen molar-refractivity contribution in [1.82, 2.24) is 10.3 Å². The molecule has 0 aliphatic heterocycles. The topological polar surface area (TPSA) is 142 Å². The molecule has 4 rings (SSSR count). The average Bonchev–Trinajstić information content (AvgIpc) is 3.20. The summed E-state index contributed by atoms with van der Waals surface area (Å²) in [6.07, 6.45) is 2.26. The highest BCUT2D eigenvalue weighted by molar-refractivity contribution is 5.89. The van der Waals surface area contributed by atoms with E-state index in [0.29, 0.717) is 22.3 Å². The maximum absolute atomic E-state index is 12.7. The lowest BCUT2D eigenvalue weighted by molar-refractivity contribution is -0.142. The molecule has 0 bridgehead atoms. The van der Waals surface area contributed by atoms with Gasteiger partial charge in [0.15, 0.2) is 6.10 Å². The zero-order valence-electron chi connectivity index (χ0n) is 19.3. The molecule has 0 fully saturated rings. The summed E-state index contributed by atoms with van der Waals surface area (Å²) in [4.78, 5) is 39.5. The molecule has 9 heteroatoms. The number of rotatable bonds is 9. The van der Waals surface area contributed by atoms with Crippen LogP contribution in [0.1, 0.15) is 31.4 Å². The molecule has 0 saturated heterocycles. The van der Waals surface area contributed by atoms with E-state index >= 15 is 0 Å². The molecule has 4 aromatic rings. The van der Waals surface area contributed by atoms with Crippen LogP contribution in [0.25, 0.3) is 21.9 Å². The number of H-pyrrole nitrogens is 1. The van der Waals surface area contributed by atoms with Gasteiger partial charge >= 0.3 is 11.6 Å². The van der Waals surface area contributed by atoms with Crippen molar-refractivity contribution in [3.63, 3.8) is 0 Å². The number of aromatic nitrogens is 1. The highest BCUT2D eigenvalue weighted by atomic mass is 16.5.